The molecule has 0 aliphatic heterocycles. The Balaban J connectivity index is 2.12. The van der Waals surface area contributed by atoms with Gasteiger partial charge in [0.15, 0.2) is 8.68 Å². The molecule has 0 radical (unpaired) electrons. The van der Waals surface area contributed by atoms with Gasteiger partial charge in [-0.15, -0.1) is 10.2 Å². The molecule has 0 saturated carbocycles. The SMILES string of the molecule is CSc1nnc(SCCCCC(C)(C)CN)s1. The van der Waals surface area contributed by atoms with Gasteiger partial charge in [-0.25, -0.2) is 0 Å². The van der Waals surface area contributed by atoms with Gasteiger partial charge in [0.25, 0.3) is 0 Å². The summed E-state index contributed by atoms with van der Waals surface area (Å²) in [6.45, 7) is 5.24. The third-order valence-electron chi connectivity index (χ3n) is 2.59. The minimum absolute atomic E-state index is 0.291. The molecule has 0 amide bonds. The van der Waals surface area contributed by atoms with E-state index >= 15 is 0 Å². The third kappa shape index (κ3) is 6.08. The number of thioether (sulfide) groups is 2. The molecule has 1 rings (SSSR count). The maximum absolute atomic E-state index is 5.71. The van der Waals surface area contributed by atoms with Gasteiger partial charge >= 0.3 is 0 Å². The number of rotatable bonds is 8. The molecule has 0 bridgehead atoms. The van der Waals surface area contributed by atoms with E-state index in [9.17, 15) is 0 Å². The first-order chi connectivity index (χ1) is 8.07. The van der Waals surface area contributed by atoms with Crippen LogP contribution in [0.15, 0.2) is 8.68 Å². The predicted octanol–water partition coefficient (Wildman–Crippen LogP) is 3.51. The lowest BCUT2D eigenvalue weighted by molar-refractivity contribution is 0.336. The molecule has 3 nitrogen and oxygen atoms in total. The molecule has 0 aliphatic carbocycles. The normalized spacial score (nSPS) is 12.0. The van der Waals surface area contributed by atoms with Crippen LogP contribution in [-0.4, -0.2) is 28.8 Å². The molecule has 0 aliphatic rings. The number of nitrogens with zero attached hydrogens (tertiary/aromatic N) is 2. The number of unbranched alkanes of at least 4 members (excludes halogenated alkanes) is 1. The highest BCUT2D eigenvalue weighted by atomic mass is 32.2. The lowest BCUT2D eigenvalue weighted by Crippen LogP contribution is -2.23. The third-order valence-corrected chi connectivity index (χ3v) is 5.71. The Kier molecular flexibility index (Phi) is 6.84. The van der Waals surface area contributed by atoms with Crippen molar-refractivity contribution in [2.75, 3.05) is 18.6 Å². The van der Waals surface area contributed by atoms with Gasteiger partial charge in [-0.3, -0.25) is 0 Å². The number of nitrogens with two attached hydrogens (primary N) is 1. The van der Waals surface area contributed by atoms with Gasteiger partial charge in [0.05, 0.1) is 0 Å². The van der Waals surface area contributed by atoms with Crippen molar-refractivity contribution in [2.24, 2.45) is 11.1 Å². The lowest BCUT2D eigenvalue weighted by atomic mass is 9.88. The summed E-state index contributed by atoms with van der Waals surface area (Å²) in [6.07, 6.45) is 5.70. The Labute approximate surface area is 116 Å². The molecule has 0 fully saturated rings. The van der Waals surface area contributed by atoms with Gasteiger partial charge in [-0.2, -0.15) is 0 Å². The Morgan fingerprint density at radius 1 is 1.24 bits per heavy atom. The van der Waals surface area contributed by atoms with E-state index in [-0.39, 0.29) is 0 Å². The summed E-state index contributed by atoms with van der Waals surface area (Å²) >= 11 is 5.16. The van der Waals surface area contributed by atoms with Gasteiger partial charge in [-0.1, -0.05) is 55.1 Å². The van der Waals surface area contributed by atoms with Crippen molar-refractivity contribution in [1.29, 1.82) is 0 Å². The summed E-state index contributed by atoms with van der Waals surface area (Å²) in [5.41, 5.74) is 6.00. The Morgan fingerprint density at radius 3 is 2.53 bits per heavy atom. The zero-order valence-electron chi connectivity index (χ0n) is 10.7. The second-order valence-corrected chi connectivity index (χ2v) is 8.08. The van der Waals surface area contributed by atoms with E-state index in [1.807, 2.05) is 18.0 Å². The minimum atomic E-state index is 0.291. The Morgan fingerprint density at radius 2 is 1.94 bits per heavy atom. The summed E-state index contributed by atoms with van der Waals surface area (Å²) in [5.74, 6) is 1.13. The van der Waals surface area contributed by atoms with E-state index in [0.29, 0.717) is 5.41 Å². The molecule has 1 aromatic rings. The van der Waals surface area contributed by atoms with Crippen LogP contribution in [0, 0.1) is 5.41 Å². The van der Waals surface area contributed by atoms with Gasteiger partial charge in [-0.05, 0) is 31.1 Å². The number of hydrogen-bond donors (Lipinski definition) is 1. The van der Waals surface area contributed by atoms with Crippen LogP contribution >= 0.6 is 34.9 Å². The van der Waals surface area contributed by atoms with Crippen LogP contribution in [0.2, 0.25) is 0 Å². The van der Waals surface area contributed by atoms with E-state index in [0.717, 1.165) is 21.0 Å². The van der Waals surface area contributed by atoms with Crippen LogP contribution in [0.25, 0.3) is 0 Å². The molecule has 17 heavy (non-hydrogen) atoms. The molecule has 0 atom stereocenters. The molecule has 0 saturated heterocycles. The first-order valence-electron chi connectivity index (χ1n) is 5.78. The zero-order valence-corrected chi connectivity index (χ0v) is 13.2. The molecule has 1 aromatic heterocycles. The highest BCUT2D eigenvalue weighted by molar-refractivity contribution is 8.02. The van der Waals surface area contributed by atoms with Gasteiger partial charge in [0.1, 0.15) is 0 Å². The van der Waals surface area contributed by atoms with Crippen LogP contribution in [0.5, 0.6) is 0 Å². The minimum Gasteiger partial charge on any atom is -0.330 e. The maximum atomic E-state index is 5.71. The molecule has 1 heterocycles. The highest BCUT2D eigenvalue weighted by Gasteiger charge is 2.14. The van der Waals surface area contributed by atoms with Crippen LogP contribution in [0.4, 0.5) is 0 Å². The molecule has 98 valence electrons. The fourth-order valence-electron chi connectivity index (χ4n) is 1.31. The summed E-state index contributed by atoms with van der Waals surface area (Å²) in [5, 5.41) is 8.22. The quantitative estimate of drug-likeness (QED) is 0.587. The zero-order chi connectivity index (χ0) is 12.7. The Bertz CT molecular complexity index is 326. The fourth-order valence-corrected chi connectivity index (χ4v) is 3.81. The summed E-state index contributed by atoms with van der Waals surface area (Å²) in [7, 11) is 0. The predicted molar refractivity (Wildman–Crippen MR) is 79.1 cm³/mol. The van der Waals surface area contributed by atoms with Crippen LogP contribution < -0.4 is 5.73 Å². The average Bonchev–Trinajstić information content (AvgIpc) is 2.76. The van der Waals surface area contributed by atoms with Crippen molar-refractivity contribution in [2.45, 2.75) is 41.8 Å². The smallest absolute Gasteiger partial charge is 0.175 e. The largest absolute Gasteiger partial charge is 0.330 e. The highest BCUT2D eigenvalue weighted by Crippen LogP contribution is 2.28. The molecule has 6 heteroatoms. The number of aromatic nitrogens is 2. The van der Waals surface area contributed by atoms with Crippen molar-refractivity contribution in [3.8, 4) is 0 Å². The monoisotopic (exact) mass is 291 g/mol. The summed E-state index contributed by atoms with van der Waals surface area (Å²) in [4.78, 5) is 0. The Hall–Kier alpha value is 0.220. The van der Waals surface area contributed by atoms with E-state index in [2.05, 4.69) is 24.0 Å². The van der Waals surface area contributed by atoms with Gasteiger partial charge in [0, 0.05) is 5.75 Å². The van der Waals surface area contributed by atoms with Crippen LogP contribution in [0.1, 0.15) is 33.1 Å². The molecule has 0 aromatic carbocycles. The van der Waals surface area contributed by atoms with Crippen molar-refractivity contribution in [3.05, 3.63) is 0 Å². The summed E-state index contributed by atoms with van der Waals surface area (Å²) in [6, 6.07) is 0. The average molecular weight is 292 g/mol. The second kappa shape index (κ2) is 7.61. The lowest BCUT2D eigenvalue weighted by Gasteiger charge is -2.21. The first kappa shape index (κ1) is 15.3. The van der Waals surface area contributed by atoms with Gasteiger partial charge < -0.3 is 5.73 Å². The molecule has 0 spiro atoms. The van der Waals surface area contributed by atoms with Crippen molar-refractivity contribution >= 4 is 34.9 Å². The molecular formula is C11H21N3S3. The fraction of sp³-hybridized carbons (Fsp3) is 0.818. The first-order valence-corrected chi connectivity index (χ1v) is 8.80. The maximum Gasteiger partial charge on any atom is 0.175 e. The van der Waals surface area contributed by atoms with Crippen LogP contribution in [-0.2, 0) is 0 Å². The van der Waals surface area contributed by atoms with Crippen LogP contribution in [0.3, 0.4) is 0 Å². The molecular weight excluding hydrogens is 270 g/mol. The second-order valence-electron chi connectivity index (χ2n) is 4.71. The van der Waals surface area contributed by atoms with Crippen molar-refractivity contribution in [1.82, 2.24) is 10.2 Å². The summed E-state index contributed by atoms with van der Waals surface area (Å²) < 4.78 is 2.14. The van der Waals surface area contributed by atoms with E-state index in [1.54, 1.807) is 23.1 Å². The van der Waals surface area contributed by atoms with E-state index < -0.39 is 0 Å². The van der Waals surface area contributed by atoms with E-state index in [4.69, 9.17) is 5.73 Å². The van der Waals surface area contributed by atoms with Gasteiger partial charge in [0.2, 0.25) is 0 Å². The van der Waals surface area contributed by atoms with E-state index in [1.165, 1.54) is 19.3 Å². The number of hydrogen-bond acceptors (Lipinski definition) is 6. The molecule has 0 unspecified atom stereocenters. The molecule has 2 N–H and O–H groups in total. The standard InChI is InChI=1S/C11H21N3S3/c1-11(2,8-12)6-4-5-7-16-10-14-13-9(15-3)17-10/h4-8,12H2,1-3H3. The topological polar surface area (TPSA) is 51.8 Å². The van der Waals surface area contributed by atoms with Crippen molar-refractivity contribution < 1.29 is 0 Å². The van der Waals surface area contributed by atoms with Crippen molar-refractivity contribution in [3.63, 3.8) is 0 Å².